The lowest BCUT2D eigenvalue weighted by Crippen LogP contribution is -2.43. The number of hydrogen-bond acceptors (Lipinski definition) is 5. The van der Waals surface area contributed by atoms with Crippen LogP contribution in [0, 0.1) is 0 Å². The number of aromatic nitrogens is 1. The van der Waals surface area contributed by atoms with Crippen molar-refractivity contribution in [3.63, 3.8) is 0 Å². The van der Waals surface area contributed by atoms with Crippen LogP contribution in [-0.2, 0) is 0 Å². The standard InChI is InChI=1S/C20H21N3O3/c24-18-12-23(10-14-9-15-5-1-2-7-19(15)26-13-14)11-17(18)22-20(25)16-6-3-4-8-21-16/h1-9,17-18,24H,10-13H2,(H,22,25)/t17-,18-/m1/s1. The van der Waals surface area contributed by atoms with Crippen LogP contribution in [0.2, 0.25) is 0 Å². The van der Waals surface area contributed by atoms with Gasteiger partial charge in [-0.1, -0.05) is 24.3 Å². The number of aliphatic hydroxyl groups is 1. The summed E-state index contributed by atoms with van der Waals surface area (Å²) in [5.74, 6) is 0.642. The van der Waals surface area contributed by atoms with Crippen molar-refractivity contribution >= 4 is 12.0 Å². The molecule has 0 spiro atoms. The number of nitrogens with zero attached hydrogens (tertiary/aromatic N) is 2. The Morgan fingerprint density at radius 1 is 1.23 bits per heavy atom. The number of nitrogens with one attached hydrogen (secondary N) is 1. The third-order valence-corrected chi connectivity index (χ3v) is 4.70. The zero-order valence-corrected chi connectivity index (χ0v) is 14.3. The molecule has 2 aliphatic heterocycles. The number of para-hydroxylation sites is 1. The second-order valence-corrected chi connectivity index (χ2v) is 6.69. The van der Waals surface area contributed by atoms with Crippen LogP contribution in [0.4, 0.5) is 0 Å². The van der Waals surface area contributed by atoms with Crippen LogP contribution in [-0.4, -0.2) is 59.3 Å². The first-order valence-corrected chi connectivity index (χ1v) is 8.72. The van der Waals surface area contributed by atoms with Gasteiger partial charge in [0.2, 0.25) is 0 Å². The molecule has 1 amide bonds. The molecule has 1 fully saturated rings. The molecular weight excluding hydrogens is 330 g/mol. The fourth-order valence-electron chi connectivity index (χ4n) is 3.42. The monoisotopic (exact) mass is 351 g/mol. The number of carbonyl (C=O) groups is 1. The number of ether oxygens (including phenoxy) is 1. The molecule has 1 aromatic heterocycles. The number of rotatable bonds is 4. The van der Waals surface area contributed by atoms with E-state index in [-0.39, 0.29) is 11.9 Å². The first kappa shape index (κ1) is 16.8. The molecule has 0 unspecified atom stereocenters. The van der Waals surface area contributed by atoms with E-state index in [4.69, 9.17) is 4.74 Å². The molecular formula is C20H21N3O3. The van der Waals surface area contributed by atoms with Crippen molar-refractivity contribution < 1.29 is 14.6 Å². The topological polar surface area (TPSA) is 74.7 Å². The molecule has 0 bridgehead atoms. The molecule has 2 aliphatic rings. The highest BCUT2D eigenvalue weighted by Crippen LogP contribution is 2.26. The molecule has 6 nitrogen and oxygen atoms in total. The van der Waals surface area contributed by atoms with E-state index in [1.54, 1.807) is 24.4 Å². The third kappa shape index (κ3) is 3.61. The maximum Gasteiger partial charge on any atom is 0.270 e. The van der Waals surface area contributed by atoms with Gasteiger partial charge in [-0.15, -0.1) is 0 Å². The molecule has 26 heavy (non-hydrogen) atoms. The number of pyridine rings is 1. The minimum atomic E-state index is -0.597. The summed E-state index contributed by atoms with van der Waals surface area (Å²) in [5.41, 5.74) is 2.60. The second-order valence-electron chi connectivity index (χ2n) is 6.69. The largest absolute Gasteiger partial charge is 0.489 e. The van der Waals surface area contributed by atoms with Crippen LogP contribution in [0.25, 0.3) is 6.08 Å². The van der Waals surface area contributed by atoms with Crippen molar-refractivity contribution in [3.8, 4) is 5.75 Å². The van der Waals surface area contributed by atoms with Crippen molar-refractivity contribution in [2.24, 2.45) is 0 Å². The fraction of sp³-hybridized carbons (Fsp3) is 0.300. The van der Waals surface area contributed by atoms with E-state index in [2.05, 4.69) is 21.3 Å². The van der Waals surface area contributed by atoms with Crippen molar-refractivity contribution in [2.45, 2.75) is 12.1 Å². The van der Waals surface area contributed by atoms with Crippen LogP contribution < -0.4 is 10.1 Å². The van der Waals surface area contributed by atoms with Gasteiger partial charge in [0.1, 0.15) is 18.1 Å². The zero-order chi connectivity index (χ0) is 17.9. The van der Waals surface area contributed by atoms with E-state index < -0.39 is 6.10 Å². The van der Waals surface area contributed by atoms with Crippen LogP contribution >= 0.6 is 0 Å². The average Bonchev–Trinajstić information content (AvgIpc) is 3.01. The van der Waals surface area contributed by atoms with Crippen LogP contribution in [0.15, 0.2) is 54.2 Å². The Morgan fingerprint density at radius 3 is 2.92 bits per heavy atom. The molecule has 1 aromatic carbocycles. The SMILES string of the molecule is O=C(N[C@@H]1CN(CC2=Cc3ccccc3OC2)C[C@H]1O)c1ccccn1. The Bertz CT molecular complexity index is 822. The molecule has 2 aromatic rings. The number of aliphatic hydroxyl groups excluding tert-OH is 1. The Morgan fingerprint density at radius 2 is 2.08 bits per heavy atom. The summed E-state index contributed by atoms with van der Waals surface area (Å²) in [5, 5.41) is 13.2. The van der Waals surface area contributed by atoms with E-state index in [0.29, 0.717) is 31.9 Å². The van der Waals surface area contributed by atoms with Crippen molar-refractivity contribution in [2.75, 3.05) is 26.2 Å². The van der Waals surface area contributed by atoms with Gasteiger partial charge in [0.05, 0.1) is 12.1 Å². The van der Waals surface area contributed by atoms with Crippen LogP contribution in [0.1, 0.15) is 16.1 Å². The lowest BCUT2D eigenvalue weighted by Gasteiger charge is -2.22. The van der Waals surface area contributed by atoms with Gasteiger partial charge in [0, 0.05) is 31.4 Å². The number of β-amino-alcohol motifs (C(OH)–C–C–N with tert-alkyl or cyclic N) is 1. The minimum absolute atomic E-state index is 0.259. The Kier molecular flexibility index (Phi) is 4.69. The number of benzene rings is 1. The third-order valence-electron chi connectivity index (χ3n) is 4.70. The molecule has 4 rings (SSSR count). The van der Waals surface area contributed by atoms with Gasteiger partial charge in [-0.3, -0.25) is 14.7 Å². The summed E-state index contributed by atoms with van der Waals surface area (Å²) in [4.78, 5) is 18.4. The van der Waals surface area contributed by atoms with E-state index in [1.165, 1.54) is 0 Å². The predicted octanol–water partition coefficient (Wildman–Crippen LogP) is 1.33. The molecule has 6 heteroatoms. The lowest BCUT2D eigenvalue weighted by molar-refractivity contribution is 0.0883. The van der Waals surface area contributed by atoms with Gasteiger partial charge in [0.15, 0.2) is 0 Å². The number of fused-ring (bicyclic) bond motifs is 1. The van der Waals surface area contributed by atoms with Crippen LogP contribution in [0.3, 0.4) is 0 Å². The highest BCUT2D eigenvalue weighted by Gasteiger charge is 2.33. The summed E-state index contributed by atoms with van der Waals surface area (Å²) in [7, 11) is 0. The molecule has 3 heterocycles. The average molecular weight is 351 g/mol. The highest BCUT2D eigenvalue weighted by atomic mass is 16.5. The minimum Gasteiger partial charge on any atom is -0.489 e. The summed E-state index contributed by atoms with van der Waals surface area (Å²) >= 11 is 0. The van der Waals surface area contributed by atoms with Crippen LogP contribution in [0.5, 0.6) is 5.75 Å². The first-order valence-electron chi connectivity index (χ1n) is 8.72. The summed E-state index contributed by atoms with van der Waals surface area (Å²) in [6.07, 6.45) is 3.13. The van der Waals surface area contributed by atoms with Crippen molar-refractivity contribution in [3.05, 3.63) is 65.5 Å². The number of hydrogen-bond donors (Lipinski definition) is 2. The van der Waals surface area contributed by atoms with Gasteiger partial charge in [-0.2, -0.15) is 0 Å². The van der Waals surface area contributed by atoms with Gasteiger partial charge in [-0.05, 0) is 29.8 Å². The summed E-state index contributed by atoms with van der Waals surface area (Å²) in [6, 6.07) is 12.8. The van der Waals surface area contributed by atoms with E-state index in [0.717, 1.165) is 16.9 Å². The maximum absolute atomic E-state index is 12.2. The molecule has 2 atom stereocenters. The lowest BCUT2D eigenvalue weighted by atomic mass is 10.1. The normalized spacial score (nSPS) is 22.3. The Hall–Kier alpha value is -2.70. The molecule has 0 radical (unpaired) electrons. The number of carbonyl (C=O) groups excluding carboxylic acids is 1. The van der Waals surface area contributed by atoms with E-state index >= 15 is 0 Å². The quantitative estimate of drug-likeness (QED) is 0.869. The molecule has 134 valence electrons. The fourth-order valence-corrected chi connectivity index (χ4v) is 3.42. The second kappa shape index (κ2) is 7.27. The Labute approximate surface area is 152 Å². The smallest absolute Gasteiger partial charge is 0.270 e. The van der Waals surface area contributed by atoms with Crippen molar-refractivity contribution in [1.82, 2.24) is 15.2 Å². The van der Waals surface area contributed by atoms with Gasteiger partial charge in [0.25, 0.3) is 5.91 Å². The van der Waals surface area contributed by atoms with Gasteiger partial charge >= 0.3 is 0 Å². The highest BCUT2D eigenvalue weighted by molar-refractivity contribution is 5.92. The number of likely N-dealkylation sites (tertiary alicyclic amines) is 1. The summed E-state index contributed by atoms with van der Waals surface area (Å²) in [6.45, 7) is 2.38. The molecule has 0 aliphatic carbocycles. The maximum atomic E-state index is 12.2. The summed E-state index contributed by atoms with van der Waals surface area (Å²) < 4.78 is 5.79. The predicted molar refractivity (Wildman–Crippen MR) is 97.9 cm³/mol. The van der Waals surface area contributed by atoms with Gasteiger partial charge < -0.3 is 15.2 Å². The van der Waals surface area contributed by atoms with E-state index in [1.807, 2.05) is 24.3 Å². The number of amides is 1. The molecule has 0 saturated carbocycles. The zero-order valence-electron chi connectivity index (χ0n) is 14.3. The van der Waals surface area contributed by atoms with E-state index in [9.17, 15) is 9.90 Å². The first-order chi connectivity index (χ1) is 12.7. The van der Waals surface area contributed by atoms with Gasteiger partial charge in [-0.25, -0.2) is 0 Å². The molecule has 1 saturated heterocycles. The molecule has 2 N–H and O–H groups in total. The van der Waals surface area contributed by atoms with Crippen molar-refractivity contribution in [1.29, 1.82) is 0 Å². The Balaban J connectivity index is 1.37.